The molecular weight excluding hydrogens is 433 g/mol. The molecule has 162 valence electrons. The van der Waals surface area contributed by atoms with Gasteiger partial charge < -0.3 is 10.2 Å². The molecule has 31 heavy (non-hydrogen) atoms. The molecule has 2 aromatic heterocycles. The van der Waals surface area contributed by atoms with E-state index in [9.17, 15) is 4.79 Å². The predicted molar refractivity (Wildman–Crippen MR) is 123 cm³/mol. The van der Waals surface area contributed by atoms with Crippen molar-refractivity contribution in [2.24, 2.45) is 5.92 Å². The second kappa shape index (κ2) is 10.3. The molecule has 0 unspecified atom stereocenters. The highest BCUT2D eigenvalue weighted by Gasteiger charge is 2.23. The molecule has 0 atom stereocenters. The molecule has 1 saturated heterocycles. The van der Waals surface area contributed by atoms with Gasteiger partial charge in [-0.15, -0.1) is 0 Å². The van der Waals surface area contributed by atoms with E-state index in [4.69, 9.17) is 23.2 Å². The fourth-order valence-electron chi connectivity index (χ4n) is 3.86. The summed E-state index contributed by atoms with van der Waals surface area (Å²) in [5.41, 5.74) is 1.59. The first kappa shape index (κ1) is 21.8. The number of piperidine rings is 1. The summed E-state index contributed by atoms with van der Waals surface area (Å²) in [6.45, 7) is 3.21. The van der Waals surface area contributed by atoms with Crippen molar-refractivity contribution in [3.05, 3.63) is 76.2 Å². The van der Waals surface area contributed by atoms with Crippen molar-refractivity contribution in [1.82, 2.24) is 25.0 Å². The van der Waals surface area contributed by atoms with Gasteiger partial charge in [0.15, 0.2) is 5.82 Å². The number of halogens is 2. The van der Waals surface area contributed by atoms with Crippen molar-refractivity contribution in [1.29, 1.82) is 0 Å². The van der Waals surface area contributed by atoms with Crippen LogP contribution < -0.4 is 5.32 Å². The number of likely N-dealkylation sites (tertiary alicyclic amines) is 1. The predicted octanol–water partition coefficient (Wildman–Crippen LogP) is 4.61. The summed E-state index contributed by atoms with van der Waals surface area (Å²) in [4.78, 5) is 19.3. The average molecular weight is 458 g/mol. The smallest absolute Gasteiger partial charge is 0.253 e. The van der Waals surface area contributed by atoms with Gasteiger partial charge in [-0.2, -0.15) is 5.10 Å². The van der Waals surface area contributed by atoms with Crippen LogP contribution in [0.3, 0.4) is 0 Å². The minimum Gasteiger partial charge on any atom is -0.339 e. The molecule has 1 N–H and O–H groups in total. The number of carbonyl (C=O) groups excluding carboxylic acids is 1. The second-order valence-electron chi connectivity index (χ2n) is 7.77. The number of nitrogens with one attached hydrogen (secondary N) is 1. The van der Waals surface area contributed by atoms with Gasteiger partial charge in [0.1, 0.15) is 0 Å². The lowest BCUT2D eigenvalue weighted by Gasteiger charge is -2.32. The molecule has 1 aliphatic heterocycles. The molecule has 0 bridgehead atoms. The van der Waals surface area contributed by atoms with Crippen LogP contribution in [0, 0.1) is 5.92 Å². The zero-order valence-electron chi connectivity index (χ0n) is 17.2. The fourth-order valence-corrected chi connectivity index (χ4v) is 4.15. The third-order valence-corrected chi connectivity index (χ3v) is 6.37. The Morgan fingerprint density at radius 2 is 1.94 bits per heavy atom. The summed E-state index contributed by atoms with van der Waals surface area (Å²) in [5.74, 6) is 1.47. The van der Waals surface area contributed by atoms with Gasteiger partial charge in [0.25, 0.3) is 5.91 Å². The molecule has 0 spiro atoms. The van der Waals surface area contributed by atoms with E-state index in [2.05, 4.69) is 15.4 Å². The maximum absolute atomic E-state index is 12.7. The largest absolute Gasteiger partial charge is 0.339 e. The van der Waals surface area contributed by atoms with Crippen LogP contribution in [0.1, 0.15) is 35.3 Å². The van der Waals surface area contributed by atoms with E-state index in [0.29, 0.717) is 21.5 Å². The first-order valence-corrected chi connectivity index (χ1v) is 11.3. The number of nitrogens with zero attached hydrogens (tertiary/aromatic N) is 4. The second-order valence-corrected chi connectivity index (χ2v) is 8.58. The van der Waals surface area contributed by atoms with E-state index < -0.39 is 0 Å². The van der Waals surface area contributed by atoms with Crippen LogP contribution in [0.25, 0.3) is 5.82 Å². The maximum atomic E-state index is 12.7. The lowest BCUT2D eigenvalue weighted by Crippen LogP contribution is -2.39. The van der Waals surface area contributed by atoms with Gasteiger partial charge in [-0.1, -0.05) is 29.3 Å². The van der Waals surface area contributed by atoms with Crippen LogP contribution in [0.15, 0.2) is 54.9 Å². The van der Waals surface area contributed by atoms with Crippen molar-refractivity contribution in [2.75, 3.05) is 19.6 Å². The third-order valence-electron chi connectivity index (χ3n) is 5.63. The summed E-state index contributed by atoms with van der Waals surface area (Å²) < 4.78 is 1.76. The molecule has 4 rings (SSSR count). The Hall–Kier alpha value is -2.41. The normalized spacial score (nSPS) is 14.7. The highest BCUT2D eigenvalue weighted by atomic mass is 35.5. The molecule has 0 radical (unpaired) electrons. The summed E-state index contributed by atoms with van der Waals surface area (Å²) in [6.07, 6.45) is 6.76. The molecule has 0 aliphatic carbocycles. The Labute approximate surface area is 192 Å². The zero-order valence-corrected chi connectivity index (χ0v) is 18.7. The Kier molecular flexibility index (Phi) is 7.22. The van der Waals surface area contributed by atoms with Gasteiger partial charge in [0.2, 0.25) is 0 Å². The number of hydrogen-bond acceptors (Lipinski definition) is 4. The minimum atomic E-state index is 0.0262. The number of benzene rings is 1. The lowest BCUT2D eigenvalue weighted by atomic mass is 9.93. The summed E-state index contributed by atoms with van der Waals surface area (Å²) in [5, 5.41) is 8.60. The van der Waals surface area contributed by atoms with E-state index in [1.807, 2.05) is 35.4 Å². The summed E-state index contributed by atoms with van der Waals surface area (Å²) in [6, 6.07) is 12.9. The van der Waals surface area contributed by atoms with Crippen LogP contribution in [0.4, 0.5) is 0 Å². The monoisotopic (exact) mass is 457 g/mol. The molecule has 1 aromatic carbocycles. The van der Waals surface area contributed by atoms with E-state index in [1.165, 1.54) is 0 Å². The Bertz CT molecular complexity index is 1020. The zero-order chi connectivity index (χ0) is 21.6. The van der Waals surface area contributed by atoms with E-state index >= 15 is 0 Å². The van der Waals surface area contributed by atoms with Gasteiger partial charge in [0, 0.05) is 37.6 Å². The molecule has 1 fully saturated rings. The number of aromatic nitrogens is 3. The quantitative estimate of drug-likeness (QED) is 0.526. The van der Waals surface area contributed by atoms with Gasteiger partial charge >= 0.3 is 0 Å². The van der Waals surface area contributed by atoms with Crippen LogP contribution in [0.5, 0.6) is 0 Å². The molecule has 3 aromatic rings. The number of rotatable bonds is 7. The molecule has 1 amide bonds. The van der Waals surface area contributed by atoms with Crippen molar-refractivity contribution in [3.63, 3.8) is 0 Å². The van der Waals surface area contributed by atoms with Gasteiger partial charge in [-0.3, -0.25) is 4.79 Å². The summed E-state index contributed by atoms with van der Waals surface area (Å²) in [7, 11) is 0. The van der Waals surface area contributed by atoms with Gasteiger partial charge in [-0.25, -0.2) is 9.67 Å². The molecule has 6 nitrogen and oxygen atoms in total. The Balaban J connectivity index is 1.19. The molecule has 1 aliphatic rings. The maximum Gasteiger partial charge on any atom is 0.253 e. The minimum absolute atomic E-state index is 0.0262. The molecule has 0 saturated carbocycles. The van der Waals surface area contributed by atoms with E-state index in [0.717, 1.165) is 57.0 Å². The Morgan fingerprint density at radius 3 is 2.68 bits per heavy atom. The number of pyridine rings is 1. The number of amides is 1. The fraction of sp³-hybridized carbons (Fsp3) is 0.348. The van der Waals surface area contributed by atoms with Crippen molar-refractivity contribution >= 4 is 29.1 Å². The Morgan fingerprint density at radius 1 is 1.10 bits per heavy atom. The van der Waals surface area contributed by atoms with Gasteiger partial charge in [-0.05, 0) is 68.1 Å². The topological polar surface area (TPSA) is 63.1 Å². The van der Waals surface area contributed by atoms with Crippen molar-refractivity contribution in [3.8, 4) is 5.82 Å². The van der Waals surface area contributed by atoms with E-state index in [-0.39, 0.29) is 5.91 Å². The molecule has 8 heteroatoms. The average Bonchev–Trinajstić information content (AvgIpc) is 3.34. The van der Waals surface area contributed by atoms with Crippen molar-refractivity contribution < 1.29 is 4.79 Å². The SMILES string of the molecule is O=C(c1ccc(Cl)c(Cl)c1)N1CCC(CCNCc2cccc(-n3cccn3)n2)CC1. The highest BCUT2D eigenvalue weighted by Crippen LogP contribution is 2.25. The molecule has 3 heterocycles. The standard InChI is InChI=1S/C23H25Cl2N5O/c24-20-6-5-18(15-21(20)25)23(31)29-13-8-17(9-14-29)7-11-26-16-19-3-1-4-22(28-19)30-12-2-10-27-30/h1-6,10,12,15,17,26H,7-9,11,13-14,16H2. The molecular formula is C23H25Cl2N5O. The lowest BCUT2D eigenvalue weighted by molar-refractivity contribution is 0.0687. The van der Waals surface area contributed by atoms with E-state index in [1.54, 1.807) is 29.1 Å². The van der Waals surface area contributed by atoms with Crippen LogP contribution in [0.2, 0.25) is 10.0 Å². The summed E-state index contributed by atoms with van der Waals surface area (Å²) >= 11 is 12.0. The number of carbonyl (C=O) groups is 1. The first-order valence-electron chi connectivity index (χ1n) is 10.5. The van der Waals surface area contributed by atoms with Crippen molar-refractivity contribution in [2.45, 2.75) is 25.8 Å². The number of hydrogen-bond donors (Lipinski definition) is 1. The first-order chi connectivity index (χ1) is 15.1. The van der Waals surface area contributed by atoms with Crippen LogP contribution >= 0.6 is 23.2 Å². The third kappa shape index (κ3) is 5.64. The highest BCUT2D eigenvalue weighted by molar-refractivity contribution is 6.42. The van der Waals surface area contributed by atoms with Crippen LogP contribution in [-0.4, -0.2) is 45.2 Å². The van der Waals surface area contributed by atoms with Crippen LogP contribution in [-0.2, 0) is 6.54 Å². The van der Waals surface area contributed by atoms with Gasteiger partial charge in [0.05, 0.1) is 15.7 Å².